The molecule has 26 heavy (non-hydrogen) atoms. The van der Waals surface area contributed by atoms with Crippen LogP contribution in [-0.2, 0) is 6.42 Å². The number of rotatable bonds is 9. The first-order valence-electron chi connectivity index (χ1n) is 9.69. The largest absolute Gasteiger partial charge is 0.469 e. The third-order valence-electron chi connectivity index (χ3n) is 4.66. The molecule has 1 aliphatic heterocycles. The molecule has 1 fully saturated rings. The van der Waals surface area contributed by atoms with Gasteiger partial charge in [0.2, 0.25) is 0 Å². The zero-order valence-corrected chi connectivity index (χ0v) is 16.4. The van der Waals surface area contributed by atoms with Crippen LogP contribution in [0.2, 0.25) is 0 Å². The predicted molar refractivity (Wildman–Crippen MR) is 109 cm³/mol. The average molecular weight is 375 g/mol. The summed E-state index contributed by atoms with van der Waals surface area (Å²) >= 11 is 1.84. The minimum absolute atomic E-state index is 0.391. The van der Waals surface area contributed by atoms with Crippen LogP contribution in [0, 0.1) is 0 Å². The minimum atomic E-state index is 0.391. The van der Waals surface area contributed by atoms with Gasteiger partial charge in [-0.15, -0.1) is 11.3 Å². The highest BCUT2D eigenvalue weighted by molar-refractivity contribution is 7.10. The maximum absolute atomic E-state index is 5.41. The Bertz CT molecular complexity index is 633. The molecule has 142 valence electrons. The molecule has 0 radical (unpaired) electrons. The summed E-state index contributed by atoms with van der Waals surface area (Å²) in [4.78, 5) is 8.91. The molecular formula is C20H30N4OS. The zero-order chi connectivity index (χ0) is 18.0. The number of nitrogens with one attached hydrogen (secondary N) is 2. The van der Waals surface area contributed by atoms with Gasteiger partial charge in [0, 0.05) is 24.4 Å². The lowest BCUT2D eigenvalue weighted by molar-refractivity contribution is 0.255. The molecule has 2 aromatic rings. The van der Waals surface area contributed by atoms with Gasteiger partial charge in [-0.1, -0.05) is 13.0 Å². The molecule has 1 unspecified atom stereocenters. The van der Waals surface area contributed by atoms with Crippen molar-refractivity contribution in [1.29, 1.82) is 0 Å². The molecule has 6 heteroatoms. The number of guanidine groups is 1. The number of aliphatic imine (C=N–C) groups is 1. The Morgan fingerprint density at radius 1 is 1.23 bits per heavy atom. The van der Waals surface area contributed by atoms with Crippen LogP contribution < -0.4 is 10.6 Å². The van der Waals surface area contributed by atoms with Gasteiger partial charge in [0.15, 0.2) is 5.96 Å². The van der Waals surface area contributed by atoms with Crippen LogP contribution in [0.5, 0.6) is 0 Å². The molecule has 0 saturated carbocycles. The predicted octanol–water partition coefficient (Wildman–Crippen LogP) is 3.67. The highest BCUT2D eigenvalue weighted by Gasteiger charge is 2.24. The van der Waals surface area contributed by atoms with Crippen LogP contribution in [0.25, 0.3) is 0 Å². The molecule has 2 N–H and O–H groups in total. The maximum Gasteiger partial charge on any atom is 0.191 e. The Kier molecular flexibility index (Phi) is 7.58. The van der Waals surface area contributed by atoms with E-state index < -0.39 is 0 Å². The number of hydrogen-bond donors (Lipinski definition) is 2. The number of hydrogen-bond acceptors (Lipinski definition) is 4. The molecule has 3 rings (SSSR count). The van der Waals surface area contributed by atoms with Gasteiger partial charge in [-0.25, -0.2) is 0 Å². The zero-order valence-electron chi connectivity index (χ0n) is 15.6. The molecule has 1 saturated heterocycles. The molecule has 1 aliphatic rings. The molecule has 5 nitrogen and oxygen atoms in total. The minimum Gasteiger partial charge on any atom is -0.469 e. The van der Waals surface area contributed by atoms with Crippen molar-refractivity contribution in [2.75, 3.05) is 32.7 Å². The fourth-order valence-electron chi connectivity index (χ4n) is 3.27. The smallest absolute Gasteiger partial charge is 0.191 e. The van der Waals surface area contributed by atoms with E-state index in [9.17, 15) is 0 Å². The summed E-state index contributed by atoms with van der Waals surface area (Å²) in [7, 11) is 0. The van der Waals surface area contributed by atoms with Crippen LogP contribution in [0.1, 0.15) is 42.9 Å². The molecule has 0 spiro atoms. The van der Waals surface area contributed by atoms with E-state index in [0.717, 1.165) is 44.2 Å². The van der Waals surface area contributed by atoms with E-state index in [-0.39, 0.29) is 0 Å². The summed E-state index contributed by atoms with van der Waals surface area (Å²) in [6, 6.07) is 8.72. The Balaban J connectivity index is 1.60. The molecule has 0 bridgehead atoms. The second-order valence-corrected chi connectivity index (χ2v) is 7.63. The van der Waals surface area contributed by atoms with Crippen molar-refractivity contribution >= 4 is 17.3 Å². The van der Waals surface area contributed by atoms with E-state index in [1.165, 1.54) is 30.8 Å². The van der Waals surface area contributed by atoms with Gasteiger partial charge >= 0.3 is 0 Å². The van der Waals surface area contributed by atoms with Crippen molar-refractivity contribution in [2.24, 2.45) is 4.99 Å². The van der Waals surface area contributed by atoms with Gasteiger partial charge in [0.05, 0.1) is 18.8 Å². The van der Waals surface area contributed by atoms with Crippen LogP contribution in [-0.4, -0.2) is 43.6 Å². The van der Waals surface area contributed by atoms with Crippen molar-refractivity contribution in [3.63, 3.8) is 0 Å². The summed E-state index contributed by atoms with van der Waals surface area (Å²) in [6.07, 6.45) is 6.27. The van der Waals surface area contributed by atoms with Gasteiger partial charge in [0.1, 0.15) is 5.76 Å². The maximum atomic E-state index is 5.41. The first-order valence-corrected chi connectivity index (χ1v) is 10.6. The van der Waals surface area contributed by atoms with E-state index in [1.54, 1.807) is 6.26 Å². The first-order chi connectivity index (χ1) is 12.9. The molecule has 0 aliphatic carbocycles. The van der Waals surface area contributed by atoms with Crippen molar-refractivity contribution in [2.45, 2.75) is 38.6 Å². The lowest BCUT2D eigenvalue weighted by Crippen LogP contribution is -2.39. The molecule has 3 heterocycles. The van der Waals surface area contributed by atoms with E-state index >= 15 is 0 Å². The monoisotopic (exact) mass is 374 g/mol. The van der Waals surface area contributed by atoms with E-state index in [4.69, 9.17) is 9.41 Å². The lowest BCUT2D eigenvalue weighted by atomic mass is 10.2. The normalized spacial score (nSPS) is 16.7. The Labute approximate surface area is 160 Å². The summed E-state index contributed by atoms with van der Waals surface area (Å²) in [5.74, 6) is 1.90. The number of likely N-dealkylation sites (tertiary alicyclic amines) is 1. The lowest BCUT2D eigenvalue weighted by Gasteiger charge is -2.25. The van der Waals surface area contributed by atoms with Gasteiger partial charge in [-0.3, -0.25) is 9.89 Å². The van der Waals surface area contributed by atoms with Crippen LogP contribution in [0.15, 0.2) is 45.3 Å². The highest BCUT2D eigenvalue weighted by atomic mass is 32.1. The Morgan fingerprint density at radius 3 is 2.77 bits per heavy atom. The average Bonchev–Trinajstić information content (AvgIpc) is 3.42. The summed E-state index contributed by atoms with van der Waals surface area (Å²) in [6.45, 7) is 7.08. The first kappa shape index (κ1) is 19.0. The van der Waals surface area contributed by atoms with E-state index in [0.29, 0.717) is 6.04 Å². The van der Waals surface area contributed by atoms with Crippen molar-refractivity contribution in [3.05, 3.63) is 46.5 Å². The Morgan fingerprint density at radius 2 is 2.08 bits per heavy atom. The fourth-order valence-corrected chi connectivity index (χ4v) is 4.13. The third kappa shape index (κ3) is 5.61. The second kappa shape index (κ2) is 10.4. The van der Waals surface area contributed by atoms with Crippen LogP contribution >= 0.6 is 11.3 Å². The molecule has 1 atom stereocenters. The SMILES string of the molecule is CCCNC(=NCC(c1cccs1)N1CCCC1)NCCc1ccco1. The number of thiophene rings is 1. The van der Waals surface area contributed by atoms with Crippen molar-refractivity contribution in [1.82, 2.24) is 15.5 Å². The molecular weight excluding hydrogens is 344 g/mol. The fraction of sp³-hybridized carbons (Fsp3) is 0.550. The second-order valence-electron chi connectivity index (χ2n) is 6.65. The number of furan rings is 1. The third-order valence-corrected chi connectivity index (χ3v) is 5.64. The van der Waals surface area contributed by atoms with Crippen molar-refractivity contribution < 1.29 is 4.42 Å². The molecule has 0 amide bonds. The van der Waals surface area contributed by atoms with Gasteiger partial charge in [-0.05, 0) is 55.9 Å². The van der Waals surface area contributed by atoms with Gasteiger partial charge < -0.3 is 15.1 Å². The van der Waals surface area contributed by atoms with Crippen molar-refractivity contribution in [3.8, 4) is 0 Å². The summed E-state index contributed by atoms with van der Waals surface area (Å²) in [5.41, 5.74) is 0. The molecule has 0 aromatic carbocycles. The van der Waals surface area contributed by atoms with Gasteiger partial charge in [-0.2, -0.15) is 0 Å². The highest BCUT2D eigenvalue weighted by Crippen LogP contribution is 2.28. The summed E-state index contributed by atoms with van der Waals surface area (Å²) in [5, 5.41) is 9.05. The summed E-state index contributed by atoms with van der Waals surface area (Å²) < 4.78 is 5.41. The van der Waals surface area contributed by atoms with E-state index in [1.807, 2.05) is 23.5 Å². The van der Waals surface area contributed by atoms with Crippen LogP contribution in [0.4, 0.5) is 0 Å². The standard InChI is InChI=1S/C20H30N4OS/c1-2-10-21-20(22-11-9-17-7-5-14-25-17)23-16-18(19-8-6-15-26-19)24-12-3-4-13-24/h5-8,14-15,18H,2-4,9-13,16H2,1H3,(H2,21,22,23). The topological polar surface area (TPSA) is 52.8 Å². The Hall–Kier alpha value is -1.79. The number of nitrogens with zero attached hydrogens (tertiary/aromatic N) is 2. The van der Waals surface area contributed by atoms with Crippen LogP contribution in [0.3, 0.4) is 0 Å². The van der Waals surface area contributed by atoms with E-state index in [2.05, 4.69) is 40.0 Å². The quantitative estimate of drug-likeness (QED) is 0.519. The van der Waals surface area contributed by atoms with Gasteiger partial charge in [0.25, 0.3) is 0 Å². The molecule has 2 aromatic heterocycles.